The normalized spacial score (nSPS) is 15.9. The van der Waals surface area contributed by atoms with Crippen molar-refractivity contribution < 1.29 is 14.3 Å². The number of ether oxygens (including phenoxy) is 1. The van der Waals surface area contributed by atoms with Crippen LogP contribution in [0.2, 0.25) is 0 Å². The molecule has 2 amide bonds. The Balaban J connectivity index is 1.73. The van der Waals surface area contributed by atoms with Gasteiger partial charge in [0.25, 0.3) is 11.8 Å². The maximum absolute atomic E-state index is 13.6. The minimum Gasteiger partial charge on any atom is -0.481 e. The Morgan fingerprint density at radius 2 is 1.82 bits per heavy atom. The molecule has 1 aliphatic heterocycles. The zero-order valence-electron chi connectivity index (χ0n) is 20.3. The lowest BCUT2D eigenvalue weighted by Gasteiger charge is -2.38. The molecule has 4 rings (SSSR count). The molecule has 3 aromatic rings. The fourth-order valence-electron chi connectivity index (χ4n) is 4.55. The molecule has 3 aromatic carbocycles. The van der Waals surface area contributed by atoms with Crippen LogP contribution < -0.4 is 4.74 Å². The van der Waals surface area contributed by atoms with E-state index in [2.05, 4.69) is 31.2 Å². The molecule has 0 aromatic heterocycles. The van der Waals surface area contributed by atoms with Gasteiger partial charge >= 0.3 is 0 Å². The van der Waals surface area contributed by atoms with Crippen molar-refractivity contribution in [1.82, 2.24) is 9.80 Å². The summed E-state index contributed by atoms with van der Waals surface area (Å²) >= 11 is 0. The molecule has 5 nitrogen and oxygen atoms in total. The minimum absolute atomic E-state index is 0.0113. The van der Waals surface area contributed by atoms with Crippen molar-refractivity contribution in [1.29, 1.82) is 0 Å². The smallest absolute Gasteiger partial charge is 0.263 e. The van der Waals surface area contributed by atoms with Gasteiger partial charge in [-0.25, -0.2) is 0 Å². The molecule has 1 heterocycles. The Labute approximate surface area is 202 Å². The molecular formula is C29H32N2O3. The van der Waals surface area contributed by atoms with Crippen molar-refractivity contribution in [3.8, 4) is 5.75 Å². The predicted octanol–water partition coefficient (Wildman–Crippen LogP) is 5.03. The zero-order valence-corrected chi connectivity index (χ0v) is 20.3. The van der Waals surface area contributed by atoms with Gasteiger partial charge in [0, 0.05) is 25.7 Å². The summed E-state index contributed by atoms with van der Waals surface area (Å²) in [5.41, 5.74) is 5.13. The summed E-state index contributed by atoms with van der Waals surface area (Å²) in [6, 6.07) is 23.5. The molecule has 0 radical (unpaired) electrons. The average Bonchev–Trinajstić information content (AvgIpc) is 2.87. The fourth-order valence-corrected chi connectivity index (χ4v) is 4.55. The van der Waals surface area contributed by atoms with E-state index in [1.165, 1.54) is 5.56 Å². The summed E-state index contributed by atoms with van der Waals surface area (Å²) in [5, 5.41) is 0. The van der Waals surface area contributed by atoms with E-state index in [0.29, 0.717) is 24.4 Å². The van der Waals surface area contributed by atoms with E-state index >= 15 is 0 Å². The lowest BCUT2D eigenvalue weighted by atomic mass is 9.87. The average molecular weight is 457 g/mol. The van der Waals surface area contributed by atoms with Crippen LogP contribution in [0.25, 0.3) is 0 Å². The van der Waals surface area contributed by atoms with Gasteiger partial charge in [0.1, 0.15) is 5.75 Å². The van der Waals surface area contributed by atoms with E-state index in [0.717, 1.165) is 23.1 Å². The summed E-state index contributed by atoms with van der Waals surface area (Å²) < 4.78 is 6.06. The first kappa shape index (κ1) is 23.6. The van der Waals surface area contributed by atoms with Gasteiger partial charge in [-0.3, -0.25) is 9.59 Å². The second kappa shape index (κ2) is 10.1. The van der Waals surface area contributed by atoms with E-state index in [-0.39, 0.29) is 17.9 Å². The number of hydrogen-bond acceptors (Lipinski definition) is 3. The Morgan fingerprint density at radius 3 is 2.53 bits per heavy atom. The number of carbonyl (C=O) groups excluding carboxylic acids is 2. The maximum Gasteiger partial charge on any atom is 0.263 e. The Kier molecular flexibility index (Phi) is 7.01. The van der Waals surface area contributed by atoms with Crippen LogP contribution in [0.3, 0.4) is 0 Å². The largest absolute Gasteiger partial charge is 0.481 e. The number of hydrogen-bond donors (Lipinski definition) is 0. The molecule has 0 saturated carbocycles. The maximum atomic E-state index is 13.6. The number of fused-ring (bicyclic) bond motifs is 1. The number of rotatable bonds is 6. The monoisotopic (exact) mass is 456 g/mol. The van der Waals surface area contributed by atoms with Crippen molar-refractivity contribution in [3.05, 3.63) is 101 Å². The van der Waals surface area contributed by atoms with Crippen LogP contribution in [0.1, 0.15) is 52.5 Å². The number of likely N-dealkylation sites (N-methyl/N-ethyl adjacent to an activating group) is 1. The third-order valence-corrected chi connectivity index (χ3v) is 6.50. The van der Waals surface area contributed by atoms with E-state index in [4.69, 9.17) is 4.74 Å². The Hall–Kier alpha value is -3.60. The summed E-state index contributed by atoms with van der Waals surface area (Å²) in [5.74, 6) is 0.587. The summed E-state index contributed by atoms with van der Waals surface area (Å²) in [4.78, 5) is 29.7. The van der Waals surface area contributed by atoms with Gasteiger partial charge in [0.15, 0.2) is 6.10 Å². The zero-order chi connectivity index (χ0) is 24.2. The number of aryl methyl sites for hydroxylation is 1. The topological polar surface area (TPSA) is 49.9 Å². The van der Waals surface area contributed by atoms with Gasteiger partial charge in [-0.05, 0) is 68.1 Å². The van der Waals surface area contributed by atoms with E-state index in [1.807, 2.05) is 60.4 Å². The first-order valence-corrected chi connectivity index (χ1v) is 11.9. The molecule has 0 bridgehead atoms. The highest BCUT2D eigenvalue weighted by molar-refractivity contribution is 5.95. The second-order valence-corrected chi connectivity index (χ2v) is 8.90. The summed E-state index contributed by atoms with van der Waals surface area (Å²) in [7, 11) is 1.77. The van der Waals surface area contributed by atoms with Crippen LogP contribution in [-0.4, -0.2) is 47.9 Å². The molecule has 2 atom stereocenters. The number of carbonyl (C=O) groups is 2. The minimum atomic E-state index is -0.592. The number of benzene rings is 3. The molecule has 0 aliphatic carbocycles. The van der Waals surface area contributed by atoms with E-state index < -0.39 is 6.10 Å². The number of amides is 2. The number of nitrogens with zero attached hydrogens (tertiary/aromatic N) is 2. The molecule has 176 valence electrons. The molecular weight excluding hydrogens is 424 g/mol. The highest BCUT2D eigenvalue weighted by Crippen LogP contribution is 2.38. The van der Waals surface area contributed by atoms with Crippen LogP contribution in [0, 0.1) is 6.92 Å². The SMILES string of the molecule is CCN(C)C(=O)[C@@H](C)Oc1ccc2c(c1)[C@H](c1cccc(C)c1)N(C(=O)c1ccccc1)CC2. The van der Waals surface area contributed by atoms with Gasteiger partial charge < -0.3 is 14.5 Å². The van der Waals surface area contributed by atoms with Crippen molar-refractivity contribution >= 4 is 11.8 Å². The van der Waals surface area contributed by atoms with Gasteiger partial charge in [-0.1, -0.05) is 54.1 Å². The molecule has 34 heavy (non-hydrogen) atoms. The first-order chi connectivity index (χ1) is 16.4. The standard InChI is InChI=1S/C29H32N2O3/c1-5-30(4)28(32)21(3)34-25-15-14-22-16-17-31(29(33)23-11-7-6-8-12-23)27(26(22)19-25)24-13-9-10-20(2)18-24/h6-15,18-19,21,27H,5,16-17H2,1-4H3/t21-,27+/m1/s1. The van der Waals surface area contributed by atoms with Crippen molar-refractivity contribution in [3.63, 3.8) is 0 Å². The van der Waals surface area contributed by atoms with E-state index in [9.17, 15) is 9.59 Å². The van der Waals surface area contributed by atoms with Crippen LogP contribution >= 0.6 is 0 Å². The third-order valence-electron chi connectivity index (χ3n) is 6.50. The Morgan fingerprint density at radius 1 is 1.06 bits per heavy atom. The molecule has 0 saturated heterocycles. The van der Waals surface area contributed by atoms with Crippen LogP contribution in [0.4, 0.5) is 0 Å². The van der Waals surface area contributed by atoms with Gasteiger partial charge in [-0.15, -0.1) is 0 Å². The van der Waals surface area contributed by atoms with Crippen molar-refractivity contribution in [2.75, 3.05) is 20.1 Å². The molecule has 0 N–H and O–H groups in total. The van der Waals surface area contributed by atoms with Crippen LogP contribution in [-0.2, 0) is 11.2 Å². The molecule has 0 spiro atoms. The first-order valence-electron chi connectivity index (χ1n) is 11.9. The lowest BCUT2D eigenvalue weighted by Crippen LogP contribution is -2.41. The van der Waals surface area contributed by atoms with Crippen LogP contribution in [0.15, 0.2) is 72.8 Å². The molecule has 5 heteroatoms. The lowest BCUT2D eigenvalue weighted by molar-refractivity contribution is -0.136. The quantitative estimate of drug-likeness (QED) is 0.523. The Bertz CT molecular complexity index is 1180. The highest BCUT2D eigenvalue weighted by Gasteiger charge is 2.33. The predicted molar refractivity (Wildman–Crippen MR) is 134 cm³/mol. The van der Waals surface area contributed by atoms with Crippen molar-refractivity contribution in [2.45, 2.75) is 39.3 Å². The third kappa shape index (κ3) is 4.84. The summed E-state index contributed by atoms with van der Waals surface area (Å²) in [6.07, 6.45) is 0.176. The molecule has 0 unspecified atom stereocenters. The van der Waals surface area contributed by atoms with Gasteiger partial charge in [-0.2, -0.15) is 0 Å². The highest BCUT2D eigenvalue weighted by atomic mass is 16.5. The van der Waals surface area contributed by atoms with E-state index in [1.54, 1.807) is 18.9 Å². The van der Waals surface area contributed by atoms with Gasteiger partial charge in [0.2, 0.25) is 0 Å². The fraction of sp³-hybridized carbons (Fsp3) is 0.310. The second-order valence-electron chi connectivity index (χ2n) is 8.90. The molecule has 1 aliphatic rings. The van der Waals surface area contributed by atoms with Crippen molar-refractivity contribution in [2.24, 2.45) is 0 Å². The molecule has 0 fully saturated rings. The van der Waals surface area contributed by atoms with Gasteiger partial charge in [0.05, 0.1) is 6.04 Å². The summed E-state index contributed by atoms with van der Waals surface area (Å²) in [6.45, 7) is 7.04. The van der Waals surface area contributed by atoms with Crippen LogP contribution in [0.5, 0.6) is 5.75 Å².